The van der Waals surface area contributed by atoms with E-state index < -0.39 is 18.0 Å². The number of benzene rings is 1. The Bertz CT molecular complexity index is 972. The zero-order chi connectivity index (χ0) is 20.1. The lowest BCUT2D eigenvalue weighted by atomic mass is 10.0. The van der Waals surface area contributed by atoms with E-state index in [4.69, 9.17) is 5.11 Å². The van der Waals surface area contributed by atoms with E-state index in [-0.39, 0.29) is 5.92 Å². The topological polar surface area (TPSA) is 104 Å². The first-order valence-electron chi connectivity index (χ1n) is 8.70. The molecule has 0 aliphatic carbocycles. The summed E-state index contributed by atoms with van der Waals surface area (Å²) in [6.45, 7) is 3.55. The molecule has 2 aromatic heterocycles. The van der Waals surface area contributed by atoms with Gasteiger partial charge in [-0.15, -0.1) is 11.3 Å². The molecular formula is C20H20N4O3S. The molecule has 0 saturated carbocycles. The van der Waals surface area contributed by atoms with Gasteiger partial charge in [0.2, 0.25) is 5.91 Å². The minimum atomic E-state index is -1.23. The van der Waals surface area contributed by atoms with Gasteiger partial charge in [0.1, 0.15) is 6.04 Å². The molecule has 144 valence electrons. The molecule has 1 atom stereocenters. The number of hydrogen-bond acceptors (Lipinski definition) is 5. The summed E-state index contributed by atoms with van der Waals surface area (Å²) >= 11 is 1.29. The van der Waals surface area contributed by atoms with Crippen LogP contribution >= 0.6 is 11.3 Å². The molecular weight excluding hydrogens is 376 g/mol. The molecule has 0 spiro atoms. The van der Waals surface area contributed by atoms with Gasteiger partial charge >= 0.3 is 6.09 Å². The predicted octanol–water partition coefficient (Wildman–Crippen LogP) is 4.10. The van der Waals surface area contributed by atoms with Crippen LogP contribution < -0.4 is 10.6 Å². The summed E-state index contributed by atoms with van der Waals surface area (Å²) in [5.74, 6) is -0.614. The highest BCUT2D eigenvalue weighted by Gasteiger charge is 2.24. The number of nitrogens with one attached hydrogen (secondary N) is 2. The highest BCUT2D eigenvalue weighted by molar-refractivity contribution is 7.14. The van der Waals surface area contributed by atoms with Crippen molar-refractivity contribution in [2.45, 2.75) is 19.9 Å². The summed E-state index contributed by atoms with van der Waals surface area (Å²) in [6.07, 6.45) is 2.26. The number of carbonyl (C=O) groups is 2. The van der Waals surface area contributed by atoms with Crippen molar-refractivity contribution in [3.05, 3.63) is 54.2 Å². The maximum absolute atomic E-state index is 12.4. The molecule has 0 radical (unpaired) electrons. The average Bonchev–Trinajstić information content (AvgIpc) is 3.15. The van der Waals surface area contributed by atoms with Crippen LogP contribution in [0.2, 0.25) is 0 Å². The van der Waals surface area contributed by atoms with Gasteiger partial charge in [-0.05, 0) is 35.2 Å². The van der Waals surface area contributed by atoms with Crippen LogP contribution in [0.1, 0.15) is 13.8 Å². The molecule has 2 heterocycles. The zero-order valence-electron chi connectivity index (χ0n) is 15.4. The molecule has 3 rings (SSSR count). The number of carbonyl (C=O) groups excluding carboxylic acids is 1. The van der Waals surface area contributed by atoms with Crippen LogP contribution in [0.3, 0.4) is 0 Å². The number of rotatable bonds is 6. The second-order valence-electron chi connectivity index (χ2n) is 6.52. The molecule has 0 bridgehead atoms. The first kappa shape index (κ1) is 19.5. The summed E-state index contributed by atoms with van der Waals surface area (Å²) in [7, 11) is 0. The van der Waals surface area contributed by atoms with E-state index in [9.17, 15) is 9.59 Å². The maximum atomic E-state index is 12.4. The Morgan fingerprint density at radius 3 is 2.46 bits per heavy atom. The number of thiazole rings is 1. The molecule has 28 heavy (non-hydrogen) atoms. The number of nitrogens with zero attached hydrogens (tertiary/aromatic N) is 2. The third kappa shape index (κ3) is 4.72. The summed E-state index contributed by atoms with van der Waals surface area (Å²) in [5.41, 5.74) is 3.77. The number of pyridine rings is 1. The van der Waals surface area contributed by atoms with Crippen molar-refractivity contribution in [3.8, 4) is 22.4 Å². The Balaban J connectivity index is 1.77. The van der Waals surface area contributed by atoms with Crippen molar-refractivity contribution in [3.63, 3.8) is 0 Å². The van der Waals surface area contributed by atoms with E-state index in [0.29, 0.717) is 5.13 Å². The van der Waals surface area contributed by atoms with Gasteiger partial charge in [0.05, 0.1) is 5.69 Å². The van der Waals surface area contributed by atoms with Crippen molar-refractivity contribution in [2.75, 3.05) is 5.32 Å². The first-order valence-corrected chi connectivity index (χ1v) is 9.58. The summed E-state index contributed by atoms with van der Waals surface area (Å²) in [4.78, 5) is 31.8. The summed E-state index contributed by atoms with van der Waals surface area (Å²) in [5, 5.41) is 16.1. The maximum Gasteiger partial charge on any atom is 0.405 e. The van der Waals surface area contributed by atoms with Crippen LogP contribution in [-0.2, 0) is 4.79 Å². The largest absolute Gasteiger partial charge is 0.465 e. The molecule has 2 amide bonds. The Morgan fingerprint density at radius 1 is 1.07 bits per heavy atom. The minimum Gasteiger partial charge on any atom is -0.465 e. The number of aromatic nitrogens is 2. The van der Waals surface area contributed by atoms with Crippen molar-refractivity contribution in [1.29, 1.82) is 0 Å². The molecule has 0 saturated heterocycles. The van der Waals surface area contributed by atoms with Crippen LogP contribution in [0.15, 0.2) is 54.2 Å². The van der Waals surface area contributed by atoms with E-state index in [1.165, 1.54) is 11.3 Å². The Hall–Kier alpha value is -3.26. The second-order valence-corrected chi connectivity index (χ2v) is 7.37. The van der Waals surface area contributed by atoms with Crippen molar-refractivity contribution in [2.24, 2.45) is 5.92 Å². The van der Waals surface area contributed by atoms with E-state index in [0.717, 1.165) is 22.4 Å². The Labute approximate surface area is 166 Å². The van der Waals surface area contributed by atoms with Crippen LogP contribution in [-0.4, -0.2) is 33.1 Å². The van der Waals surface area contributed by atoms with Gasteiger partial charge in [-0.3, -0.25) is 9.78 Å². The fourth-order valence-corrected chi connectivity index (χ4v) is 3.44. The molecule has 1 unspecified atom stereocenters. The number of hydrogen-bond donors (Lipinski definition) is 3. The normalized spacial score (nSPS) is 11.8. The molecule has 0 aliphatic rings. The minimum absolute atomic E-state index is 0.187. The summed E-state index contributed by atoms with van der Waals surface area (Å²) in [6, 6.07) is 11.0. The van der Waals surface area contributed by atoms with Gasteiger partial charge in [0.25, 0.3) is 0 Å². The predicted molar refractivity (Wildman–Crippen MR) is 109 cm³/mol. The quantitative estimate of drug-likeness (QED) is 0.582. The van der Waals surface area contributed by atoms with Gasteiger partial charge in [-0.1, -0.05) is 32.0 Å². The lowest BCUT2D eigenvalue weighted by molar-refractivity contribution is -0.118. The number of anilines is 1. The lowest BCUT2D eigenvalue weighted by Gasteiger charge is -2.19. The molecule has 1 aromatic carbocycles. The zero-order valence-corrected chi connectivity index (χ0v) is 16.2. The fraction of sp³-hybridized carbons (Fsp3) is 0.200. The van der Waals surface area contributed by atoms with Crippen molar-refractivity contribution < 1.29 is 14.7 Å². The van der Waals surface area contributed by atoms with E-state index >= 15 is 0 Å². The third-order valence-corrected chi connectivity index (χ3v) is 4.89. The fourth-order valence-electron chi connectivity index (χ4n) is 2.72. The molecule has 0 fully saturated rings. The van der Waals surface area contributed by atoms with Gasteiger partial charge in [-0.25, -0.2) is 9.78 Å². The van der Waals surface area contributed by atoms with Gasteiger partial charge in [0, 0.05) is 23.3 Å². The lowest BCUT2D eigenvalue weighted by Crippen LogP contribution is -2.46. The van der Waals surface area contributed by atoms with Crippen LogP contribution in [0.25, 0.3) is 22.4 Å². The molecule has 8 heteroatoms. The van der Waals surface area contributed by atoms with Crippen LogP contribution in [0, 0.1) is 5.92 Å². The smallest absolute Gasteiger partial charge is 0.405 e. The average molecular weight is 396 g/mol. The molecule has 0 aliphatic heterocycles. The van der Waals surface area contributed by atoms with Crippen molar-refractivity contribution >= 4 is 28.5 Å². The second kappa shape index (κ2) is 8.62. The Kier molecular flexibility index (Phi) is 6.00. The molecule has 3 N–H and O–H groups in total. The highest BCUT2D eigenvalue weighted by atomic mass is 32.1. The van der Waals surface area contributed by atoms with Crippen LogP contribution in [0.4, 0.5) is 9.93 Å². The monoisotopic (exact) mass is 396 g/mol. The van der Waals surface area contributed by atoms with Gasteiger partial charge < -0.3 is 15.7 Å². The van der Waals surface area contributed by atoms with Crippen LogP contribution in [0.5, 0.6) is 0 Å². The number of carboxylic acid groups (broad SMARTS) is 1. The molecule has 3 aromatic rings. The van der Waals surface area contributed by atoms with Gasteiger partial charge in [-0.2, -0.15) is 0 Å². The van der Waals surface area contributed by atoms with E-state index in [2.05, 4.69) is 20.6 Å². The highest BCUT2D eigenvalue weighted by Crippen LogP contribution is 2.28. The van der Waals surface area contributed by atoms with E-state index in [1.807, 2.05) is 41.8 Å². The number of amides is 2. The SMILES string of the molecule is CC(C)C(NC(=O)O)C(=O)Nc1nc(-c2cccc(-c3ccncc3)c2)cs1. The van der Waals surface area contributed by atoms with Gasteiger partial charge in [0.15, 0.2) is 5.13 Å². The van der Waals surface area contributed by atoms with Crippen molar-refractivity contribution in [1.82, 2.24) is 15.3 Å². The first-order chi connectivity index (χ1) is 13.4. The summed E-state index contributed by atoms with van der Waals surface area (Å²) < 4.78 is 0. The Morgan fingerprint density at radius 2 is 1.79 bits per heavy atom. The van der Waals surface area contributed by atoms with E-state index in [1.54, 1.807) is 26.2 Å². The molecule has 7 nitrogen and oxygen atoms in total. The third-order valence-electron chi connectivity index (χ3n) is 4.13. The standard InChI is InChI=1S/C20H20N4O3S/c1-12(2)17(23-20(26)27)18(25)24-19-22-16(11-28-19)15-5-3-4-14(10-15)13-6-8-21-9-7-13/h3-12,17,23H,1-2H3,(H,26,27)(H,22,24,25).